The zero-order valence-electron chi connectivity index (χ0n) is 11.2. The molecule has 4 heteroatoms. The molecule has 0 saturated heterocycles. The summed E-state index contributed by atoms with van der Waals surface area (Å²) in [6, 6.07) is 8.18. The molecule has 1 atom stereocenters. The predicted molar refractivity (Wildman–Crippen MR) is 77.6 cm³/mol. The smallest absolute Gasteiger partial charge is 0.194 e. The molecule has 2 rings (SSSR count). The number of benzene rings is 2. The molecule has 0 N–H and O–H groups in total. The van der Waals surface area contributed by atoms with Crippen LogP contribution in [0.5, 0.6) is 0 Å². The number of alkyl halides is 1. The summed E-state index contributed by atoms with van der Waals surface area (Å²) in [6.07, 6.45) is 0.503. The predicted octanol–water partition coefficient (Wildman–Crippen LogP) is 5.40. The summed E-state index contributed by atoms with van der Waals surface area (Å²) in [4.78, 5) is -0.403. The van der Waals surface area contributed by atoms with Gasteiger partial charge in [0.1, 0.15) is 0 Å². The highest BCUT2D eigenvalue weighted by atomic mass is 79.9. The van der Waals surface area contributed by atoms with Gasteiger partial charge in [-0.2, -0.15) is 0 Å². The van der Waals surface area contributed by atoms with Crippen molar-refractivity contribution in [3.63, 3.8) is 0 Å². The molecule has 0 aromatic heterocycles. The van der Waals surface area contributed by atoms with Crippen LogP contribution in [0.2, 0.25) is 0 Å². The van der Waals surface area contributed by atoms with Crippen LogP contribution in [0.1, 0.15) is 27.1 Å². The van der Waals surface area contributed by atoms with E-state index in [1.807, 2.05) is 32.0 Å². The lowest BCUT2D eigenvalue weighted by molar-refractivity contribution is 0.440. The minimum absolute atomic E-state index is 0.127. The Hall–Kier alpha value is -1.29. The fourth-order valence-electron chi connectivity index (χ4n) is 2.03. The van der Waals surface area contributed by atoms with Gasteiger partial charge in [0.05, 0.1) is 0 Å². The molecular weight excluding hydrogens is 329 g/mol. The summed E-state index contributed by atoms with van der Waals surface area (Å²) in [5.74, 6) is -3.72. The lowest BCUT2D eigenvalue weighted by atomic mass is 10.00. The van der Waals surface area contributed by atoms with E-state index in [0.717, 1.165) is 17.2 Å². The Morgan fingerprint density at radius 3 is 2.30 bits per heavy atom. The van der Waals surface area contributed by atoms with Gasteiger partial charge in [-0.1, -0.05) is 40.2 Å². The molecule has 0 nitrogen and oxygen atoms in total. The van der Waals surface area contributed by atoms with Gasteiger partial charge < -0.3 is 0 Å². The van der Waals surface area contributed by atoms with Crippen LogP contribution in [0.15, 0.2) is 30.3 Å². The molecule has 0 saturated carbocycles. The highest BCUT2D eigenvalue weighted by molar-refractivity contribution is 9.09. The first-order chi connectivity index (χ1) is 9.40. The lowest BCUT2D eigenvalue weighted by Crippen LogP contribution is -2.03. The molecule has 0 amide bonds. The van der Waals surface area contributed by atoms with Gasteiger partial charge in [-0.05, 0) is 43.0 Å². The van der Waals surface area contributed by atoms with Crippen molar-refractivity contribution in [2.24, 2.45) is 0 Å². The summed E-state index contributed by atoms with van der Waals surface area (Å²) < 4.78 is 39.9. The highest BCUT2D eigenvalue weighted by Crippen LogP contribution is 2.31. The van der Waals surface area contributed by atoms with Crippen LogP contribution in [0.3, 0.4) is 0 Å². The largest absolute Gasteiger partial charge is 0.204 e. The second kappa shape index (κ2) is 6.00. The normalized spacial score (nSPS) is 12.5. The molecule has 2 aromatic carbocycles. The summed E-state index contributed by atoms with van der Waals surface area (Å²) in [5.41, 5.74) is 3.47. The molecule has 0 spiro atoms. The Labute approximate surface area is 124 Å². The molecule has 0 aliphatic carbocycles. The van der Waals surface area contributed by atoms with Crippen LogP contribution in [0.25, 0.3) is 0 Å². The number of hydrogen-bond acceptors (Lipinski definition) is 0. The van der Waals surface area contributed by atoms with E-state index in [1.54, 1.807) is 0 Å². The minimum Gasteiger partial charge on any atom is -0.204 e. The first kappa shape index (κ1) is 15.1. The SMILES string of the molecule is Cc1ccc(CC(Br)c2ccc(F)c(F)c2F)cc1C. The molecule has 0 heterocycles. The number of aryl methyl sites for hydroxylation is 2. The number of rotatable bonds is 3. The van der Waals surface area contributed by atoms with Crippen LogP contribution in [-0.2, 0) is 6.42 Å². The van der Waals surface area contributed by atoms with E-state index in [9.17, 15) is 13.2 Å². The summed E-state index contributed by atoms with van der Waals surface area (Å²) >= 11 is 3.35. The molecule has 106 valence electrons. The summed E-state index contributed by atoms with van der Waals surface area (Å²) in [5, 5.41) is 0. The van der Waals surface area contributed by atoms with E-state index in [0.29, 0.717) is 6.42 Å². The van der Waals surface area contributed by atoms with Crippen molar-refractivity contribution < 1.29 is 13.2 Å². The Morgan fingerprint density at radius 2 is 1.65 bits per heavy atom. The Bertz CT molecular complexity index is 638. The number of hydrogen-bond donors (Lipinski definition) is 0. The fraction of sp³-hybridized carbons (Fsp3) is 0.250. The summed E-state index contributed by atoms with van der Waals surface area (Å²) in [7, 11) is 0. The van der Waals surface area contributed by atoms with Gasteiger partial charge in [-0.15, -0.1) is 0 Å². The molecule has 0 aliphatic heterocycles. The average molecular weight is 343 g/mol. The van der Waals surface area contributed by atoms with Crippen molar-refractivity contribution >= 4 is 15.9 Å². The van der Waals surface area contributed by atoms with E-state index in [2.05, 4.69) is 15.9 Å². The Kier molecular flexibility index (Phi) is 4.53. The first-order valence-corrected chi connectivity index (χ1v) is 7.15. The lowest BCUT2D eigenvalue weighted by Gasteiger charge is -2.13. The van der Waals surface area contributed by atoms with Crippen molar-refractivity contribution in [1.29, 1.82) is 0 Å². The third kappa shape index (κ3) is 3.06. The van der Waals surface area contributed by atoms with Crippen LogP contribution in [-0.4, -0.2) is 0 Å². The molecule has 0 radical (unpaired) electrons. The third-order valence-electron chi connectivity index (χ3n) is 3.39. The molecule has 20 heavy (non-hydrogen) atoms. The molecule has 2 aromatic rings. The van der Waals surface area contributed by atoms with Crippen molar-refractivity contribution in [2.75, 3.05) is 0 Å². The molecule has 0 bridgehead atoms. The van der Waals surface area contributed by atoms with E-state index >= 15 is 0 Å². The Balaban J connectivity index is 2.26. The second-order valence-electron chi connectivity index (χ2n) is 4.85. The van der Waals surface area contributed by atoms with Crippen LogP contribution in [0.4, 0.5) is 13.2 Å². The van der Waals surface area contributed by atoms with E-state index in [1.165, 1.54) is 11.6 Å². The van der Waals surface area contributed by atoms with Crippen LogP contribution < -0.4 is 0 Å². The zero-order chi connectivity index (χ0) is 14.9. The molecular formula is C16H14BrF3. The monoisotopic (exact) mass is 342 g/mol. The average Bonchev–Trinajstić information content (AvgIpc) is 2.40. The maximum Gasteiger partial charge on any atom is 0.194 e. The van der Waals surface area contributed by atoms with E-state index in [4.69, 9.17) is 0 Å². The van der Waals surface area contributed by atoms with Gasteiger partial charge in [0.2, 0.25) is 0 Å². The van der Waals surface area contributed by atoms with E-state index in [-0.39, 0.29) is 5.56 Å². The van der Waals surface area contributed by atoms with Crippen molar-refractivity contribution in [1.82, 2.24) is 0 Å². The van der Waals surface area contributed by atoms with Gasteiger partial charge in [0.25, 0.3) is 0 Å². The van der Waals surface area contributed by atoms with Gasteiger partial charge in [0, 0.05) is 10.4 Å². The molecule has 1 unspecified atom stereocenters. The van der Waals surface area contributed by atoms with Crippen molar-refractivity contribution in [2.45, 2.75) is 25.1 Å². The summed E-state index contributed by atoms with van der Waals surface area (Å²) in [6.45, 7) is 4.01. The van der Waals surface area contributed by atoms with Gasteiger partial charge >= 0.3 is 0 Å². The minimum atomic E-state index is -1.42. The highest BCUT2D eigenvalue weighted by Gasteiger charge is 2.19. The van der Waals surface area contributed by atoms with Crippen molar-refractivity contribution in [3.05, 3.63) is 70.0 Å². The molecule has 0 fully saturated rings. The standard InChI is InChI=1S/C16H14BrF3/c1-9-3-4-11(7-10(9)2)8-13(17)12-5-6-14(18)16(20)15(12)19/h3-7,13H,8H2,1-2H3. The van der Waals surface area contributed by atoms with Gasteiger partial charge in [0.15, 0.2) is 17.5 Å². The van der Waals surface area contributed by atoms with Gasteiger partial charge in [-0.25, -0.2) is 13.2 Å². The second-order valence-corrected chi connectivity index (χ2v) is 5.96. The quantitative estimate of drug-likeness (QED) is 0.517. The third-order valence-corrected chi connectivity index (χ3v) is 4.21. The molecule has 0 aliphatic rings. The van der Waals surface area contributed by atoms with Crippen molar-refractivity contribution in [3.8, 4) is 0 Å². The first-order valence-electron chi connectivity index (χ1n) is 6.23. The van der Waals surface area contributed by atoms with Crippen LogP contribution >= 0.6 is 15.9 Å². The maximum atomic E-state index is 13.7. The zero-order valence-corrected chi connectivity index (χ0v) is 12.8. The maximum absolute atomic E-state index is 13.7. The van der Waals surface area contributed by atoms with Gasteiger partial charge in [-0.3, -0.25) is 0 Å². The van der Waals surface area contributed by atoms with Crippen LogP contribution in [0, 0.1) is 31.3 Å². The topological polar surface area (TPSA) is 0 Å². The fourth-order valence-corrected chi connectivity index (χ4v) is 2.76. The van der Waals surface area contributed by atoms with E-state index < -0.39 is 22.3 Å². The number of halogens is 4. The Morgan fingerprint density at radius 1 is 0.950 bits per heavy atom.